The van der Waals surface area contributed by atoms with Gasteiger partial charge < -0.3 is 9.80 Å². The molecule has 4 rings (SSSR count). The van der Waals surface area contributed by atoms with Crippen LogP contribution in [0.25, 0.3) is 11.3 Å². The highest BCUT2D eigenvalue weighted by Crippen LogP contribution is 2.23. The number of halogens is 2. The zero-order chi connectivity index (χ0) is 19.5. The largest absolute Gasteiger partial charge is 0.353 e. The molecule has 1 amide bonds. The van der Waals surface area contributed by atoms with Crippen molar-refractivity contribution in [2.24, 2.45) is 0 Å². The van der Waals surface area contributed by atoms with Gasteiger partial charge in [-0.25, -0.2) is 8.78 Å². The number of aromatic nitrogens is 2. The molecule has 1 aliphatic rings. The van der Waals surface area contributed by atoms with Crippen LogP contribution < -0.4 is 4.90 Å². The summed E-state index contributed by atoms with van der Waals surface area (Å²) in [7, 11) is 0. The molecule has 1 aliphatic heterocycles. The number of anilines is 1. The van der Waals surface area contributed by atoms with Crippen LogP contribution in [0.15, 0.2) is 54.6 Å². The molecule has 0 radical (unpaired) electrons. The number of carbonyl (C=O) groups is 1. The molecule has 2 heterocycles. The lowest BCUT2D eigenvalue weighted by molar-refractivity contribution is 0.0766. The third-order valence-corrected chi connectivity index (χ3v) is 4.92. The van der Waals surface area contributed by atoms with Crippen molar-refractivity contribution in [1.29, 1.82) is 0 Å². The van der Waals surface area contributed by atoms with Crippen molar-refractivity contribution in [2.45, 2.75) is 6.42 Å². The highest BCUT2D eigenvalue weighted by atomic mass is 19.2. The number of aromatic amines is 1. The predicted octanol–water partition coefficient (Wildman–Crippen LogP) is 3.71. The lowest BCUT2D eigenvalue weighted by Crippen LogP contribution is -2.35. The fourth-order valence-corrected chi connectivity index (χ4v) is 3.40. The smallest absolute Gasteiger partial charge is 0.254 e. The second-order valence-corrected chi connectivity index (χ2v) is 6.77. The summed E-state index contributed by atoms with van der Waals surface area (Å²) in [5.41, 5.74) is 2.17. The van der Waals surface area contributed by atoms with E-state index in [-0.39, 0.29) is 11.5 Å². The van der Waals surface area contributed by atoms with E-state index in [1.165, 1.54) is 6.07 Å². The maximum absolute atomic E-state index is 13.4. The van der Waals surface area contributed by atoms with Gasteiger partial charge in [-0.15, -0.1) is 0 Å². The molecule has 0 atom stereocenters. The molecule has 3 aromatic rings. The zero-order valence-electron chi connectivity index (χ0n) is 15.2. The molecule has 0 aliphatic carbocycles. The Morgan fingerprint density at radius 2 is 1.75 bits per heavy atom. The number of amides is 1. The first-order chi connectivity index (χ1) is 13.6. The van der Waals surface area contributed by atoms with E-state index in [0.717, 1.165) is 42.2 Å². The van der Waals surface area contributed by atoms with Crippen LogP contribution in [0.4, 0.5) is 14.6 Å². The molecule has 1 saturated heterocycles. The Kier molecular flexibility index (Phi) is 5.06. The summed E-state index contributed by atoms with van der Waals surface area (Å²) in [6.45, 7) is 2.44. The summed E-state index contributed by atoms with van der Waals surface area (Å²) >= 11 is 0. The Morgan fingerprint density at radius 1 is 0.929 bits per heavy atom. The summed E-state index contributed by atoms with van der Waals surface area (Å²) in [4.78, 5) is 16.4. The third kappa shape index (κ3) is 3.74. The highest BCUT2D eigenvalue weighted by Gasteiger charge is 2.22. The molecule has 1 aromatic heterocycles. The van der Waals surface area contributed by atoms with Crippen LogP contribution in [-0.4, -0.2) is 47.2 Å². The standard InChI is InChI=1S/C21H20F2N4O/c22-17-8-7-16(13-18(17)23)21(28)27-10-4-9-26(11-12-27)20-14-19(24-25-20)15-5-2-1-3-6-15/h1-3,5-8,13-14H,4,9-12H2,(H,24,25). The highest BCUT2D eigenvalue weighted by molar-refractivity contribution is 5.94. The molecular formula is C21H20F2N4O. The lowest BCUT2D eigenvalue weighted by atomic mass is 10.1. The Morgan fingerprint density at radius 3 is 2.54 bits per heavy atom. The van der Waals surface area contributed by atoms with E-state index in [1.807, 2.05) is 36.4 Å². The quantitative estimate of drug-likeness (QED) is 0.751. The Bertz CT molecular complexity index is 974. The second kappa shape index (κ2) is 7.80. The molecule has 1 N–H and O–H groups in total. The molecule has 1 fully saturated rings. The van der Waals surface area contributed by atoms with Crippen LogP contribution in [-0.2, 0) is 0 Å². The molecule has 144 valence electrons. The topological polar surface area (TPSA) is 52.2 Å². The zero-order valence-corrected chi connectivity index (χ0v) is 15.2. The molecule has 0 unspecified atom stereocenters. The normalized spacial score (nSPS) is 14.8. The van der Waals surface area contributed by atoms with Gasteiger partial charge in [-0.2, -0.15) is 5.10 Å². The maximum atomic E-state index is 13.4. The van der Waals surface area contributed by atoms with Gasteiger partial charge in [0.15, 0.2) is 17.5 Å². The summed E-state index contributed by atoms with van der Waals surface area (Å²) in [5.74, 6) is -1.41. The van der Waals surface area contributed by atoms with Crippen LogP contribution >= 0.6 is 0 Å². The molecule has 28 heavy (non-hydrogen) atoms. The minimum atomic E-state index is -1.01. The van der Waals surface area contributed by atoms with E-state index in [2.05, 4.69) is 15.1 Å². The van der Waals surface area contributed by atoms with E-state index in [4.69, 9.17) is 0 Å². The van der Waals surface area contributed by atoms with Crippen LogP contribution in [0.5, 0.6) is 0 Å². The summed E-state index contributed by atoms with van der Waals surface area (Å²) < 4.78 is 26.6. The number of hydrogen-bond donors (Lipinski definition) is 1. The van der Waals surface area contributed by atoms with Crippen molar-refractivity contribution < 1.29 is 13.6 Å². The SMILES string of the molecule is O=C(c1ccc(F)c(F)c1)N1CCCN(c2cc(-c3ccccc3)[nH]n2)CC1. The van der Waals surface area contributed by atoms with Crippen molar-refractivity contribution in [3.8, 4) is 11.3 Å². The molecular weight excluding hydrogens is 362 g/mol. The Labute approximate surface area is 161 Å². The summed E-state index contributed by atoms with van der Waals surface area (Å²) in [6.07, 6.45) is 0.767. The number of nitrogens with zero attached hydrogens (tertiary/aromatic N) is 3. The number of carbonyl (C=O) groups excluding carboxylic acids is 1. The van der Waals surface area contributed by atoms with E-state index in [1.54, 1.807) is 4.90 Å². The number of hydrogen-bond acceptors (Lipinski definition) is 3. The van der Waals surface area contributed by atoms with Gasteiger partial charge in [0.1, 0.15) is 0 Å². The molecule has 2 aromatic carbocycles. The molecule has 0 bridgehead atoms. The van der Waals surface area contributed by atoms with Crippen LogP contribution in [0.1, 0.15) is 16.8 Å². The fourth-order valence-electron chi connectivity index (χ4n) is 3.40. The van der Waals surface area contributed by atoms with E-state index < -0.39 is 11.6 Å². The molecule has 0 saturated carbocycles. The summed E-state index contributed by atoms with van der Waals surface area (Å²) in [6, 6.07) is 15.2. The Balaban J connectivity index is 1.44. The van der Waals surface area contributed by atoms with Gasteiger partial charge in [0, 0.05) is 37.8 Å². The minimum Gasteiger partial charge on any atom is -0.353 e. The maximum Gasteiger partial charge on any atom is 0.254 e. The van der Waals surface area contributed by atoms with Crippen molar-refractivity contribution in [3.63, 3.8) is 0 Å². The van der Waals surface area contributed by atoms with Gasteiger partial charge in [-0.1, -0.05) is 30.3 Å². The van der Waals surface area contributed by atoms with Gasteiger partial charge >= 0.3 is 0 Å². The van der Waals surface area contributed by atoms with Crippen LogP contribution in [0.2, 0.25) is 0 Å². The fraction of sp³-hybridized carbons (Fsp3) is 0.238. The first-order valence-corrected chi connectivity index (χ1v) is 9.22. The van der Waals surface area contributed by atoms with E-state index in [9.17, 15) is 13.6 Å². The van der Waals surface area contributed by atoms with E-state index >= 15 is 0 Å². The average molecular weight is 382 g/mol. The first kappa shape index (κ1) is 18.2. The lowest BCUT2D eigenvalue weighted by Gasteiger charge is -2.22. The molecule has 5 nitrogen and oxygen atoms in total. The van der Waals surface area contributed by atoms with Crippen molar-refractivity contribution in [3.05, 3.63) is 71.8 Å². The number of rotatable bonds is 3. The van der Waals surface area contributed by atoms with Crippen molar-refractivity contribution in [1.82, 2.24) is 15.1 Å². The second-order valence-electron chi connectivity index (χ2n) is 6.77. The molecule has 0 spiro atoms. The van der Waals surface area contributed by atoms with Crippen LogP contribution in [0, 0.1) is 11.6 Å². The van der Waals surface area contributed by atoms with Crippen molar-refractivity contribution in [2.75, 3.05) is 31.1 Å². The minimum absolute atomic E-state index is 0.165. The monoisotopic (exact) mass is 382 g/mol. The predicted molar refractivity (Wildman–Crippen MR) is 103 cm³/mol. The first-order valence-electron chi connectivity index (χ1n) is 9.22. The van der Waals surface area contributed by atoms with Gasteiger partial charge in [0.2, 0.25) is 0 Å². The number of benzene rings is 2. The van der Waals surface area contributed by atoms with Crippen LogP contribution in [0.3, 0.4) is 0 Å². The number of nitrogens with one attached hydrogen (secondary N) is 1. The third-order valence-electron chi connectivity index (χ3n) is 4.92. The Hall–Kier alpha value is -3.22. The van der Waals surface area contributed by atoms with Gasteiger partial charge in [0.05, 0.1) is 5.69 Å². The van der Waals surface area contributed by atoms with Crippen molar-refractivity contribution >= 4 is 11.7 Å². The number of H-pyrrole nitrogens is 1. The summed E-state index contributed by atoms with van der Waals surface area (Å²) in [5, 5.41) is 7.48. The van der Waals surface area contributed by atoms with Gasteiger partial charge in [-0.05, 0) is 30.2 Å². The van der Waals surface area contributed by atoms with E-state index in [0.29, 0.717) is 19.6 Å². The molecule has 7 heteroatoms. The van der Waals surface area contributed by atoms with Gasteiger partial charge in [-0.3, -0.25) is 9.89 Å². The van der Waals surface area contributed by atoms with Gasteiger partial charge in [0.25, 0.3) is 5.91 Å². The average Bonchev–Trinajstić information content (AvgIpc) is 3.08.